The summed E-state index contributed by atoms with van der Waals surface area (Å²) in [4.78, 5) is 35.3. The molecule has 1 atom stereocenters. The third kappa shape index (κ3) is 5.22. The number of hydrogen-bond acceptors (Lipinski definition) is 6. The number of aliphatic carboxylic acids is 1. The number of carboxylic acids is 1. The van der Waals surface area contributed by atoms with Crippen molar-refractivity contribution in [1.82, 2.24) is 25.6 Å². The summed E-state index contributed by atoms with van der Waals surface area (Å²) in [5.74, 6) is -1.86. The van der Waals surface area contributed by atoms with Gasteiger partial charge in [-0.3, -0.25) is 9.59 Å². The van der Waals surface area contributed by atoms with Gasteiger partial charge in [0.25, 0.3) is 0 Å². The molecule has 1 heterocycles. The topological polar surface area (TPSA) is 135 Å². The van der Waals surface area contributed by atoms with Crippen molar-refractivity contribution in [3.8, 4) is 11.1 Å². The Morgan fingerprint density at radius 1 is 1.06 bits per heavy atom. The van der Waals surface area contributed by atoms with Crippen molar-refractivity contribution in [2.75, 3.05) is 13.2 Å². The van der Waals surface area contributed by atoms with Gasteiger partial charge >= 0.3 is 12.1 Å². The molecular weight excluding hydrogens is 438 g/mol. The van der Waals surface area contributed by atoms with Crippen molar-refractivity contribution in [2.24, 2.45) is 5.92 Å². The van der Waals surface area contributed by atoms with E-state index in [1.807, 2.05) is 36.4 Å². The first-order valence-electron chi connectivity index (χ1n) is 10.9. The summed E-state index contributed by atoms with van der Waals surface area (Å²) in [7, 11) is 0. The zero-order valence-corrected chi connectivity index (χ0v) is 18.6. The number of hydrogen-bond donors (Lipinski definition) is 3. The number of carboxylic acid groups (broad SMARTS) is 1. The maximum atomic E-state index is 12.3. The molecule has 0 radical (unpaired) electrons. The molecule has 0 saturated heterocycles. The summed E-state index contributed by atoms with van der Waals surface area (Å²) >= 11 is 0. The first-order chi connectivity index (χ1) is 16.4. The maximum absolute atomic E-state index is 12.3. The average Bonchev–Trinajstić information content (AvgIpc) is 3.41. The molecule has 1 unspecified atom stereocenters. The van der Waals surface area contributed by atoms with E-state index >= 15 is 0 Å². The standard InChI is InChI=1S/C24H25N5O5/c1-15(23(32)25-11-16-12-29(28-27-16)13-22(30)31)10-26-24(33)34-14-21-19-8-4-2-6-17(19)18-7-3-5-9-20(18)21/h2-9,12,15,21H,10-11,13-14H2,1H3,(H,25,32)(H,26,33)(H,30,31). The highest BCUT2D eigenvalue weighted by Gasteiger charge is 2.29. The Bertz CT molecular complexity index is 1160. The molecule has 0 saturated carbocycles. The van der Waals surface area contributed by atoms with Crippen molar-refractivity contribution >= 4 is 18.0 Å². The molecule has 1 aliphatic rings. The molecule has 34 heavy (non-hydrogen) atoms. The summed E-state index contributed by atoms with van der Waals surface area (Å²) in [5.41, 5.74) is 5.00. The van der Waals surface area contributed by atoms with E-state index in [-0.39, 0.29) is 38.1 Å². The molecule has 2 amide bonds. The van der Waals surface area contributed by atoms with E-state index in [1.54, 1.807) is 6.92 Å². The molecule has 10 heteroatoms. The highest BCUT2D eigenvalue weighted by molar-refractivity contribution is 5.80. The van der Waals surface area contributed by atoms with Crippen molar-refractivity contribution in [3.05, 3.63) is 71.5 Å². The fourth-order valence-electron chi connectivity index (χ4n) is 3.97. The summed E-state index contributed by atoms with van der Waals surface area (Å²) in [6, 6.07) is 16.2. The van der Waals surface area contributed by atoms with Gasteiger partial charge in [0, 0.05) is 12.5 Å². The van der Waals surface area contributed by atoms with Crippen LogP contribution in [0, 0.1) is 5.92 Å². The van der Waals surface area contributed by atoms with E-state index in [4.69, 9.17) is 9.84 Å². The van der Waals surface area contributed by atoms with Gasteiger partial charge in [0.15, 0.2) is 0 Å². The van der Waals surface area contributed by atoms with E-state index in [1.165, 1.54) is 10.9 Å². The van der Waals surface area contributed by atoms with Gasteiger partial charge in [-0.2, -0.15) is 0 Å². The first kappa shape index (κ1) is 23.0. The Hall–Kier alpha value is -4.21. The molecule has 0 bridgehead atoms. The van der Waals surface area contributed by atoms with Crippen LogP contribution in [-0.2, 0) is 27.4 Å². The second-order valence-corrected chi connectivity index (χ2v) is 8.13. The first-order valence-corrected chi connectivity index (χ1v) is 10.9. The molecule has 0 fully saturated rings. The van der Waals surface area contributed by atoms with E-state index < -0.39 is 18.0 Å². The molecule has 2 aromatic carbocycles. The number of aromatic nitrogens is 3. The number of rotatable bonds is 9. The molecule has 0 spiro atoms. The lowest BCUT2D eigenvalue weighted by atomic mass is 9.98. The largest absolute Gasteiger partial charge is 0.480 e. The number of nitrogens with one attached hydrogen (secondary N) is 2. The van der Waals surface area contributed by atoms with E-state index in [9.17, 15) is 14.4 Å². The van der Waals surface area contributed by atoms with Crippen LogP contribution in [0.25, 0.3) is 11.1 Å². The maximum Gasteiger partial charge on any atom is 0.407 e. The highest BCUT2D eigenvalue weighted by Crippen LogP contribution is 2.44. The number of carbonyl (C=O) groups excluding carboxylic acids is 2. The Balaban J connectivity index is 1.23. The summed E-state index contributed by atoms with van der Waals surface area (Å²) in [6.45, 7) is 1.79. The van der Waals surface area contributed by atoms with Crippen molar-refractivity contribution < 1.29 is 24.2 Å². The molecule has 10 nitrogen and oxygen atoms in total. The summed E-state index contributed by atoms with van der Waals surface area (Å²) in [5, 5.41) is 21.6. The van der Waals surface area contributed by atoms with Crippen molar-refractivity contribution in [3.63, 3.8) is 0 Å². The fraction of sp³-hybridized carbons (Fsp3) is 0.292. The Morgan fingerprint density at radius 2 is 1.71 bits per heavy atom. The molecule has 3 N–H and O–H groups in total. The van der Waals surface area contributed by atoms with Crippen LogP contribution in [-0.4, -0.2) is 51.2 Å². The Labute approximate surface area is 195 Å². The van der Waals surface area contributed by atoms with Crippen LogP contribution in [0.3, 0.4) is 0 Å². The van der Waals surface area contributed by atoms with Gasteiger partial charge in [0.05, 0.1) is 18.7 Å². The average molecular weight is 463 g/mol. The number of alkyl carbamates (subject to hydrolysis) is 1. The second-order valence-electron chi connectivity index (χ2n) is 8.13. The highest BCUT2D eigenvalue weighted by atomic mass is 16.5. The van der Waals surface area contributed by atoms with Crippen LogP contribution >= 0.6 is 0 Å². The van der Waals surface area contributed by atoms with Gasteiger partial charge in [-0.15, -0.1) is 5.10 Å². The molecule has 4 rings (SSSR count). The number of carbonyl (C=O) groups is 3. The van der Waals surface area contributed by atoms with Gasteiger partial charge in [-0.05, 0) is 22.3 Å². The summed E-state index contributed by atoms with van der Waals surface area (Å²) < 4.78 is 6.66. The zero-order valence-electron chi connectivity index (χ0n) is 18.6. The lowest BCUT2D eigenvalue weighted by molar-refractivity contribution is -0.138. The number of amides is 2. The van der Waals surface area contributed by atoms with Crippen molar-refractivity contribution in [2.45, 2.75) is 25.9 Å². The quantitative estimate of drug-likeness (QED) is 0.442. The number of nitrogens with zero attached hydrogens (tertiary/aromatic N) is 3. The van der Waals surface area contributed by atoms with E-state index in [2.05, 4.69) is 33.1 Å². The van der Waals surface area contributed by atoms with E-state index in [0.717, 1.165) is 22.3 Å². The van der Waals surface area contributed by atoms with Crippen LogP contribution in [0.1, 0.15) is 29.7 Å². The fourth-order valence-corrected chi connectivity index (χ4v) is 3.97. The third-order valence-electron chi connectivity index (χ3n) is 5.67. The molecule has 3 aromatic rings. The normalized spacial score (nSPS) is 13.0. The summed E-state index contributed by atoms with van der Waals surface area (Å²) in [6.07, 6.45) is 0.867. The van der Waals surface area contributed by atoms with Gasteiger partial charge in [0.2, 0.25) is 5.91 Å². The van der Waals surface area contributed by atoms with Gasteiger partial charge in [-0.1, -0.05) is 60.7 Å². The number of benzene rings is 2. The molecule has 176 valence electrons. The monoisotopic (exact) mass is 463 g/mol. The molecule has 1 aliphatic carbocycles. The van der Waals surface area contributed by atoms with Gasteiger partial charge in [0.1, 0.15) is 18.8 Å². The second kappa shape index (κ2) is 10.2. The van der Waals surface area contributed by atoms with Crippen LogP contribution in [0.2, 0.25) is 0 Å². The minimum absolute atomic E-state index is 0.0339. The molecular formula is C24H25N5O5. The SMILES string of the molecule is CC(CNC(=O)OCC1c2ccccc2-c2ccccc21)C(=O)NCc1cn(CC(=O)O)nn1. The zero-order chi connectivity index (χ0) is 24.1. The number of ether oxygens (including phenoxy) is 1. The minimum atomic E-state index is -1.03. The van der Waals surface area contributed by atoms with Gasteiger partial charge < -0.3 is 20.5 Å². The van der Waals surface area contributed by atoms with E-state index in [0.29, 0.717) is 5.69 Å². The van der Waals surface area contributed by atoms with Crippen LogP contribution in [0.5, 0.6) is 0 Å². The molecule has 0 aliphatic heterocycles. The lowest BCUT2D eigenvalue weighted by Gasteiger charge is -2.16. The third-order valence-corrected chi connectivity index (χ3v) is 5.67. The Kier molecular flexibility index (Phi) is 6.86. The van der Waals surface area contributed by atoms with Crippen molar-refractivity contribution in [1.29, 1.82) is 0 Å². The smallest absolute Gasteiger partial charge is 0.407 e. The molecule has 1 aromatic heterocycles. The predicted molar refractivity (Wildman–Crippen MR) is 122 cm³/mol. The predicted octanol–water partition coefficient (Wildman–Crippen LogP) is 2.15. The van der Waals surface area contributed by atoms with Crippen LogP contribution in [0.15, 0.2) is 54.7 Å². The van der Waals surface area contributed by atoms with Crippen LogP contribution in [0.4, 0.5) is 4.79 Å². The lowest BCUT2D eigenvalue weighted by Crippen LogP contribution is -2.37. The Morgan fingerprint density at radius 3 is 2.35 bits per heavy atom. The number of fused-ring (bicyclic) bond motifs is 3. The van der Waals surface area contributed by atoms with Crippen LogP contribution < -0.4 is 10.6 Å². The minimum Gasteiger partial charge on any atom is -0.480 e. The van der Waals surface area contributed by atoms with Gasteiger partial charge in [-0.25, -0.2) is 9.48 Å².